The van der Waals surface area contributed by atoms with Gasteiger partial charge in [0.05, 0.1) is 0 Å². The SMILES string of the molecule is CCCC(CCO)CNCc1ccc(F)cc1. The van der Waals surface area contributed by atoms with Crippen molar-refractivity contribution in [2.45, 2.75) is 32.7 Å². The van der Waals surface area contributed by atoms with Crippen LogP contribution in [0.15, 0.2) is 24.3 Å². The zero-order valence-corrected chi connectivity index (χ0v) is 10.5. The van der Waals surface area contributed by atoms with Crippen molar-refractivity contribution in [3.63, 3.8) is 0 Å². The van der Waals surface area contributed by atoms with Crippen LogP contribution >= 0.6 is 0 Å². The summed E-state index contributed by atoms with van der Waals surface area (Å²) in [6.07, 6.45) is 3.13. The van der Waals surface area contributed by atoms with Crippen molar-refractivity contribution >= 4 is 0 Å². The van der Waals surface area contributed by atoms with Gasteiger partial charge in [-0.05, 0) is 43.0 Å². The molecule has 1 rings (SSSR count). The van der Waals surface area contributed by atoms with E-state index in [1.54, 1.807) is 12.1 Å². The van der Waals surface area contributed by atoms with E-state index in [-0.39, 0.29) is 12.4 Å². The van der Waals surface area contributed by atoms with Gasteiger partial charge in [-0.3, -0.25) is 0 Å². The fourth-order valence-corrected chi connectivity index (χ4v) is 1.96. The average Bonchev–Trinajstić information content (AvgIpc) is 2.32. The molecule has 1 aromatic rings. The van der Waals surface area contributed by atoms with E-state index in [4.69, 9.17) is 5.11 Å². The molecule has 96 valence electrons. The quantitative estimate of drug-likeness (QED) is 0.731. The molecule has 1 unspecified atom stereocenters. The smallest absolute Gasteiger partial charge is 0.123 e. The lowest BCUT2D eigenvalue weighted by Crippen LogP contribution is -2.23. The molecule has 0 aliphatic rings. The summed E-state index contributed by atoms with van der Waals surface area (Å²) in [4.78, 5) is 0. The molecule has 2 N–H and O–H groups in total. The molecule has 0 aromatic heterocycles. The van der Waals surface area contributed by atoms with Crippen molar-refractivity contribution in [1.82, 2.24) is 5.32 Å². The van der Waals surface area contributed by atoms with E-state index in [1.165, 1.54) is 12.1 Å². The van der Waals surface area contributed by atoms with E-state index in [2.05, 4.69) is 12.2 Å². The van der Waals surface area contributed by atoms with E-state index < -0.39 is 0 Å². The first-order valence-electron chi connectivity index (χ1n) is 6.32. The van der Waals surface area contributed by atoms with Gasteiger partial charge >= 0.3 is 0 Å². The van der Waals surface area contributed by atoms with Gasteiger partial charge in [-0.15, -0.1) is 0 Å². The molecule has 0 aliphatic carbocycles. The van der Waals surface area contributed by atoms with Crippen LogP contribution in [-0.4, -0.2) is 18.3 Å². The molecular formula is C14H22FNO. The Morgan fingerprint density at radius 3 is 2.53 bits per heavy atom. The van der Waals surface area contributed by atoms with Crippen molar-refractivity contribution < 1.29 is 9.50 Å². The molecule has 0 bridgehead atoms. The first-order chi connectivity index (χ1) is 8.26. The Labute approximate surface area is 103 Å². The highest BCUT2D eigenvalue weighted by atomic mass is 19.1. The third kappa shape index (κ3) is 5.80. The van der Waals surface area contributed by atoms with Crippen molar-refractivity contribution in [2.24, 2.45) is 5.92 Å². The molecule has 0 heterocycles. The van der Waals surface area contributed by atoms with Gasteiger partial charge in [0.1, 0.15) is 5.82 Å². The summed E-state index contributed by atoms with van der Waals surface area (Å²) in [5, 5.41) is 12.3. The van der Waals surface area contributed by atoms with Crippen LogP contribution in [0.1, 0.15) is 31.7 Å². The Balaban J connectivity index is 2.27. The van der Waals surface area contributed by atoms with E-state index in [0.717, 1.165) is 37.9 Å². The first-order valence-corrected chi connectivity index (χ1v) is 6.32. The molecule has 0 amide bonds. The maximum Gasteiger partial charge on any atom is 0.123 e. The lowest BCUT2D eigenvalue weighted by atomic mass is 10.0. The number of nitrogens with one attached hydrogen (secondary N) is 1. The molecule has 0 saturated carbocycles. The highest BCUT2D eigenvalue weighted by Gasteiger charge is 2.06. The number of halogens is 1. The Kier molecular flexibility index (Phi) is 6.82. The normalized spacial score (nSPS) is 12.6. The average molecular weight is 239 g/mol. The molecule has 0 fully saturated rings. The van der Waals surface area contributed by atoms with Crippen molar-refractivity contribution in [1.29, 1.82) is 0 Å². The highest BCUT2D eigenvalue weighted by Crippen LogP contribution is 2.10. The lowest BCUT2D eigenvalue weighted by molar-refractivity contribution is 0.248. The molecule has 0 spiro atoms. The van der Waals surface area contributed by atoms with Crippen LogP contribution < -0.4 is 5.32 Å². The van der Waals surface area contributed by atoms with E-state index >= 15 is 0 Å². The number of aliphatic hydroxyl groups is 1. The van der Waals surface area contributed by atoms with Crippen molar-refractivity contribution in [3.8, 4) is 0 Å². The fourth-order valence-electron chi connectivity index (χ4n) is 1.96. The number of rotatable bonds is 8. The van der Waals surface area contributed by atoms with Crippen molar-refractivity contribution in [3.05, 3.63) is 35.6 Å². The zero-order valence-electron chi connectivity index (χ0n) is 10.5. The number of benzene rings is 1. The molecule has 0 aliphatic heterocycles. The van der Waals surface area contributed by atoms with Crippen LogP contribution in [0.3, 0.4) is 0 Å². The van der Waals surface area contributed by atoms with Crippen LogP contribution in [0.2, 0.25) is 0 Å². The Morgan fingerprint density at radius 1 is 1.24 bits per heavy atom. The van der Waals surface area contributed by atoms with E-state index in [1.807, 2.05) is 0 Å². The number of hydrogen-bond acceptors (Lipinski definition) is 2. The molecule has 1 aromatic carbocycles. The summed E-state index contributed by atoms with van der Waals surface area (Å²) >= 11 is 0. The standard InChI is InChI=1S/C14H22FNO/c1-2-3-12(8-9-17)10-16-11-13-4-6-14(15)7-5-13/h4-7,12,16-17H,2-3,8-11H2,1H3. The summed E-state index contributed by atoms with van der Waals surface area (Å²) in [6.45, 7) is 4.07. The second-order valence-electron chi connectivity index (χ2n) is 4.42. The maximum atomic E-state index is 12.7. The van der Waals surface area contributed by atoms with E-state index in [0.29, 0.717) is 5.92 Å². The summed E-state index contributed by atoms with van der Waals surface area (Å²) in [5.41, 5.74) is 1.09. The van der Waals surface area contributed by atoms with Crippen LogP contribution in [0.25, 0.3) is 0 Å². The van der Waals surface area contributed by atoms with Gasteiger partial charge in [0, 0.05) is 13.2 Å². The van der Waals surface area contributed by atoms with Crippen LogP contribution in [0.4, 0.5) is 4.39 Å². The minimum absolute atomic E-state index is 0.196. The van der Waals surface area contributed by atoms with Crippen LogP contribution in [0.5, 0.6) is 0 Å². The number of aliphatic hydroxyl groups excluding tert-OH is 1. The lowest BCUT2D eigenvalue weighted by Gasteiger charge is -2.15. The molecule has 17 heavy (non-hydrogen) atoms. The largest absolute Gasteiger partial charge is 0.396 e. The first kappa shape index (κ1) is 14.1. The van der Waals surface area contributed by atoms with Gasteiger partial charge in [-0.2, -0.15) is 0 Å². The molecule has 0 radical (unpaired) electrons. The van der Waals surface area contributed by atoms with Gasteiger partial charge in [-0.1, -0.05) is 25.5 Å². The van der Waals surface area contributed by atoms with Crippen LogP contribution in [-0.2, 0) is 6.54 Å². The van der Waals surface area contributed by atoms with Crippen LogP contribution in [0, 0.1) is 11.7 Å². The van der Waals surface area contributed by atoms with Gasteiger partial charge in [0.2, 0.25) is 0 Å². The Bertz CT molecular complexity index is 294. The molecule has 2 nitrogen and oxygen atoms in total. The molecule has 3 heteroatoms. The summed E-state index contributed by atoms with van der Waals surface area (Å²) in [7, 11) is 0. The Hall–Kier alpha value is -0.930. The third-order valence-corrected chi connectivity index (χ3v) is 2.91. The number of hydrogen-bond donors (Lipinski definition) is 2. The minimum atomic E-state index is -0.196. The second-order valence-corrected chi connectivity index (χ2v) is 4.42. The molecule has 0 saturated heterocycles. The maximum absolute atomic E-state index is 12.7. The predicted molar refractivity (Wildman–Crippen MR) is 68.2 cm³/mol. The van der Waals surface area contributed by atoms with Gasteiger partial charge in [-0.25, -0.2) is 4.39 Å². The molecular weight excluding hydrogens is 217 g/mol. The monoisotopic (exact) mass is 239 g/mol. The fraction of sp³-hybridized carbons (Fsp3) is 0.571. The van der Waals surface area contributed by atoms with E-state index in [9.17, 15) is 4.39 Å². The second kappa shape index (κ2) is 8.20. The highest BCUT2D eigenvalue weighted by molar-refractivity contribution is 5.15. The topological polar surface area (TPSA) is 32.3 Å². The molecule has 1 atom stereocenters. The third-order valence-electron chi connectivity index (χ3n) is 2.91. The summed E-state index contributed by atoms with van der Waals surface area (Å²) in [5.74, 6) is 0.336. The van der Waals surface area contributed by atoms with Gasteiger partial charge in [0.25, 0.3) is 0 Å². The summed E-state index contributed by atoms with van der Waals surface area (Å²) < 4.78 is 12.7. The predicted octanol–water partition coefficient (Wildman–Crippen LogP) is 2.71. The van der Waals surface area contributed by atoms with Gasteiger partial charge in [0.15, 0.2) is 0 Å². The van der Waals surface area contributed by atoms with Gasteiger partial charge < -0.3 is 10.4 Å². The van der Waals surface area contributed by atoms with Crippen molar-refractivity contribution in [2.75, 3.05) is 13.2 Å². The minimum Gasteiger partial charge on any atom is -0.396 e. The Morgan fingerprint density at radius 2 is 1.94 bits per heavy atom. The summed E-state index contributed by atoms with van der Waals surface area (Å²) in [6, 6.07) is 6.55. The zero-order chi connectivity index (χ0) is 12.5.